The molecule has 0 bridgehead atoms. The molecule has 1 aliphatic heterocycles. The van der Waals surface area contributed by atoms with Crippen LogP contribution in [-0.2, 0) is 17.9 Å². The zero-order valence-corrected chi connectivity index (χ0v) is 10.8. The van der Waals surface area contributed by atoms with Gasteiger partial charge in [-0.15, -0.1) is 5.10 Å². The van der Waals surface area contributed by atoms with E-state index in [0.29, 0.717) is 13.0 Å². The molecule has 1 atom stereocenters. The van der Waals surface area contributed by atoms with E-state index in [9.17, 15) is 9.90 Å². The Morgan fingerprint density at radius 2 is 2.33 bits per heavy atom. The van der Waals surface area contributed by atoms with Crippen molar-refractivity contribution in [2.24, 2.45) is 0 Å². The minimum absolute atomic E-state index is 0.496. The molecule has 1 N–H and O–H groups in total. The number of carboxylic acid groups (broad SMARTS) is 1. The molecule has 0 amide bonds. The smallest absolute Gasteiger partial charge is 0.323 e. The molecule has 2 rings (SSSR count). The number of likely N-dealkylation sites (tertiary alicyclic amines) is 1. The summed E-state index contributed by atoms with van der Waals surface area (Å²) in [6.45, 7) is 5.87. The van der Waals surface area contributed by atoms with Gasteiger partial charge in [0.25, 0.3) is 0 Å². The van der Waals surface area contributed by atoms with Gasteiger partial charge in [0.1, 0.15) is 5.54 Å². The van der Waals surface area contributed by atoms with Crippen molar-refractivity contribution in [3.05, 3.63) is 5.82 Å². The number of carboxylic acids is 1. The third-order valence-corrected chi connectivity index (χ3v) is 3.62. The van der Waals surface area contributed by atoms with E-state index in [-0.39, 0.29) is 0 Å². The summed E-state index contributed by atoms with van der Waals surface area (Å²) in [6.07, 6.45) is 2.53. The van der Waals surface area contributed by atoms with Crippen LogP contribution in [0.1, 0.15) is 38.9 Å². The van der Waals surface area contributed by atoms with E-state index in [2.05, 4.69) is 22.4 Å². The largest absolute Gasteiger partial charge is 0.480 e. The first-order valence-electron chi connectivity index (χ1n) is 6.31. The summed E-state index contributed by atoms with van der Waals surface area (Å²) < 4.78 is 1.75. The Labute approximate surface area is 106 Å². The maximum absolute atomic E-state index is 11.4. The summed E-state index contributed by atoms with van der Waals surface area (Å²) in [5.74, 6) is -0.0271. The third kappa shape index (κ3) is 2.22. The van der Waals surface area contributed by atoms with Crippen molar-refractivity contribution in [3.63, 3.8) is 0 Å². The zero-order chi connectivity index (χ0) is 13.2. The number of hydrogen-bond acceptors (Lipinski definition) is 5. The average molecular weight is 253 g/mol. The standard InChI is InChI=1S/C11H19N5O2/c1-3-6-16-9(12-13-14-16)8-15-7-4-5-11(15,2)10(17)18/h3-8H2,1-2H3,(H,17,18). The summed E-state index contributed by atoms with van der Waals surface area (Å²) in [4.78, 5) is 13.3. The second-order valence-corrected chi connectivity index (χ2v) is 4.92. The first kappa shape index (κ1) is 12.9. The molecule has 0 radical (unpaired) electrons. The quantitative estimate of drug-likeness (QED) is 0.823. The molecule has 0 spiro atoms. The topological polar surface area (TPSA) is 84.1 Å². The predicted molar refractivity (Wildman–Crippen MR) is 63.8 cm³/mol. The van der Waals surface area contributed by atoms with Gasteiger partial charge in [-0.1, -0.05) is 6.92 Å². The first-order valence-corrected chi connectivity index (χ1v) is 6.31. The van der Waals surface area contributed by atoms with Gasteiger partial charge in [-0.2, -0.15) is 0 Å². The number of nitrogens with zero attached hydrogens (tertiary/aromatic N) is 5. The molecule has 0 saturated carbocycles. The fraction of sp³-hybridized carbons (Fsp3) is 0.818. The Morgan fingerprint density at radius 1 is 1.56 bits per heavy atom. The van der Waals surface area contributed by atoms with E-state index in [4.69, 9.17) is 0 Å². The van der Waals surface area contributed by atoms with Crippen LogP contribution in [0.3, 0.4) is 0 Å². The van der Waals surface area contributed by atoms with Crippen LogP contribution in [-0.4, -0.2) is 48.3 Å². The Bertz CT molecular complexity index is 433. The first-order chi connectivity index (χ1) is 8.58. The second kappa shape index (κ2) is 5.01. The molecule has 1 aromatic rings. The van der Waals surface area contributed by atoms with Gasteiger partial charge in [-0.05, 0) is 43.2 Å². The number of aryl methyl sites for hydroxylation is 1. The van der Waals surface area contributed by atoms with Crippen LogP contribution in [0.5, 0.6) is 0 Å². The lowest BCUT2D eigenvalue weighted by Crippen LogP contribution is -2.47. The van der Waals surface area contributed by atoms with E-state index >= 15 is 0 Å². The number of carbonyl (C=O) groups is 1. The van der Waals surface area contributed by atoms with Gasteiger partial charge in [-0.3, -0.25) is 9.69 Å². The molecule has 0 aromatic carbocycles. The molecular weight excluding hydrogens is 234 g/mol. The van der Waals surface area contributed by atoms with Gasteiger partial charge in [0.2, 0.25) is 0 Å². The highest BCUT2D eigenvalue weighted by Crippen LogP contribution is 2.30. The Morgan fingerprint density at radius 3 is 3.00 bits per heavy atom. The normalized spacial score (nSPS) is 24.6. The van der Waals surface area contributed by atoms with Crippen LogP contribution >= 0.6 is 0 Å². The molecule has 100 valence electrons. The summed E-state index contributed by atoms with van der Waals surface area (Å²) >= 11 is 0. The fourth-order valence-corrected chi connectivity index (χ4v) is 2.41. The monoisotopic (exact) mass is 253 g/mol. The van der Waals surface area contributed by atoms with Gasteiger partial charge in [-0.25, -0.2) is 4.68 Å². The molecule has 1 unspecified atom stereocenters. The molecule has 1 aromatic heterocycles. The van der Waals surface area contributed by atoms with Crippen molar-refractivity contribution in [2.75, 3.05) is 6.54 Å². The Hall–Kier alpha value is -1.50. The highest BCUT2D eigenvalue weighted by atomic mass is 16.4. The van der Waals surface area contributed by atoms with Gasteiger partial charge in [0.15, 0.2) is 5.82 Å². The average Bonchev–Trinajstić information content (AvgIpc) is 2.90. The summed E-state index contributed by atoms with van der Waals surface area (Å²) in [6, 6.07) is 0. The highest BCUT2D eigenvalue weighted by Gasteiger charge is 2.43. The maximum atomic E-state index is 11.4. The molecule has 7 heteroatoms. The van der Waals surface area contributed by atoms with Crippen molar-refractivity contribution in [3.8, 4) is 0 Å². The number of aromatic nitrogens is 4. The van der Waals surface area contributed by atoms with E-state index < -0.39 is 11.5 Å². The zero-order valence-electron chi connectivity index (χ0n) is 10.8. The maximum Gasteiger partial charge on any atom is 0.323 e. The minimum atomic E-state index is -0.789. The van der Waals surface area contributed by atoms with Gasteiger partial charge >= 0.3 is 5.97 Å². The number of tetrazole rings is 1. The number of hydrogen-bond donors (Lipinski definition) is 1. The Balaban J connectivity index is 2.13. The van der Waals surface area contributed by atoms with Gasteiger partial charge < -0.3 is 5.11 Å². The molecule has 18 heavy (non-hydrogen) atoms. The van der Waals surface area contributed by atoms with Crippen molar-refractivity contribution in [1.29, 1.82) is 0 Å². The fourth-order valence-electron chi connectivity index (χ4n) is 2.41. The van der Waals surface area contributed by atoms with Crippen molar-refractivity contribution in [2.45, 2.75) is 51.7 Å². The second-order valence-electron chi connectivity index (χ2n) is 4.92. The molecule has 1 aliphatic rings. The van der Waals surface area contributed by atoms with Crippen LogP contribution in [0.15, 0.2) is 0 Å². The highest BCUT2D eigenvalue weighted by molar-refractivity contribution is 5.78. The minimum Gasteiger partial charge on any atom is -0.480 e. The summed E-state index contributed by atoms with van der Waals surface area (Å²) in [7, 11) is 0. The Kier molecular flexibility index (Phi) is 3.60. The van der Waals surface area contributed by atoms with Gasteiger partial charge in [0.05, 0.1) is 6.54 Å². The van der Waals surface area contributed by atoms with Crippen LogP contribution in [0.2, 0.25) is 0 Å². The van der Waals surface area contributed by atoms with Crippen LogP contribution in [0.25, 0.3) is 0 Å². The van der Waals surface area contributed by atoms with Crippen LogP contribution in [0.4, 0.5) is 0 Å². The lowest BCUT2D eigenvalue weighted by atomic mass is 9.99. The van der Waals surface area contributed by atoms with Crippen LogP contribution in [0, 0.1) is 0 Å². The molecule has 1 fully saturated rings. The SMILES string of the molecule is CCCn1nnnc1CN1CCCC1(C)C(=O)O. The summed E-state index contributed by atoms with van der Waals surface area (Å²) in [5.41, 5.74) is -0.789. The predicted octanol–water partition coefficient (Wildman–Crippen LogP) is 0.522. The third-order valence-electron chi connectivity index (χ3n) is 3.62. The molecular formula is C11H19N5O2. The number of rotatable bonds is 5. The molecule has 0 aliphatic carbocycles. The number of aliphatic carboxylic acids is 1. The van der Waals surface area contributed by atoms with E-state index in [1.165, 1.54) is 0 Å². The van der Waals surface area contributed by atoms with Crippen molar-refractivity contribution >= 4 is 5.97 Å². The summed E-state index contributed by atoms with van der Waals surface area (Å²) in [5, 5.41) is 20.9. The van der Waals surface area contributed by atoms with Crippen molar-refractivity contribution in [1.82, 2.24) is 25.1 Å². The van der Waals surface area contributed by atoms with E-state index in [0.717, 1.165) is 31.8 Å². The lowest BCUT2D eigenvalue weighted by molar-refractivity contribution is -0.149. The molecule has 1 saturated heterocycles. The molecule has 2 heterocycles. The van der Waals surface area contributed by atoms with E-state index in [1.807, 2.05) is 4.90 Å². The molecule has 7 nitrogen and oxygen atoms in total. The lowest BCUT2D eigenvalue weighted by Gasteiger charge is -2.30. The van der Waals surface area contributed by atoms with E-state index in [1.54, 1.807) is 11.6 Å². The van der Waals surface area contributed by atoms with Crippen molar-refractivity contribution < 1.29 is 9.90 Å². The van der Waals surface area contributed by atoms with Crippen LogP contribution < -0.4 is 0 Å². The van der Waals surface area contributed by atoms with Gasteiger partial charge in [0, 0.05) is 6.54 Å².